The van der Waals surface area contributed by atoms with Crippen LogP contribution in [0.4, 0.5) is 0 Å². The summed E-state index contributed by atoms with van der Waals surface area (Å²) < 4.78 is 6.93. The molecule has 0 aliphatic carbocycles. The zero-order valence-electron chi connectivity index (χ0n) is 13.1. The first kappa shape index (κ1) is 15.8. The minimum atomic E-state index is -0.433. The minimum Gasteiger partial charge on any atom is -0.467 e. The van der Waals surface area contributed by atoms with Gasteiger partial charge in [-0.2, -0.15) is 0 Å². The average Bonchev–Trinajstić information content (AvgIpc) is 2.79. The molecule has 4 nitrogen and oxygen atoms in total. The number of esters is 1. The highest BCUT2D eigenvalue weighted by Crippen LogP contribution is 2.33. The number of carbonyl (C=O) groups excluding carboxylic acids is 1. The van der Waals surface area contributed by atoms with Crippen molar-refractivity contribution in [1.82, 2.24) is 9.55 Å². The van der Waals surface area contributed by atoms with E-state index in [1.807, 2.05) is 50.5 Å². The lowest BCUT2D eigenvalue weighted by atomic mass is 10.0. The molecular weight excluding hydrogens is 288 g/mol. The van der Waals surface area contributed by atoms with Crippen LogP contribution >= 0.6 is 11.6 Å². The summed E-state index contributed by atoms with van der Waals surface area (Å²) in [5.74, 6) is 0.500. The highest BCUT2D eigenvalue weighted by atomic mass is 35.5. The molecule has 0 aliphatic rings. The van der Waals surface area contributed by atoms with Crippen LogP contribution in [0.1, 0.15) is 43.6 Å². The summed E-state index contributed by atoms with van der Waals surface area (Å²) in [4.78, 5) is 16.9. The number of methoxy groups -OCH3 is 1. The molecule has 2 aromatic rings. The predicted molar refractivity (Wildman–Crippen MR) is 84.6 cm³/mol. The van der Waals surface area contributed by atoms with Gasteiger partial charge in [-0.05, 0) is 31.4 Å². The van der Waals surface area contributed by atoms with Gasteiger partial charge in [0.15, 0.2) is 0 Å². The molecule has 0 saturated carbocycles. The maximum absolute atomic E-state index is 12.3. The van der Waals surface area contributed by atoms with Crippen molar-refractivity contribution in [3.8, 4) is 0 Å². The Bertz CT molecular complexity index is 662. The van der Waals surface area contributed by atoms with E-state index >= 15 is 0 Å². The smallest absolute Gasteiger partial charge is 0.329 e. The molecule has 0 fully saturated rings. The van der Waals surface area contributed by atoms with Gasteiger partial charge < -0.3 is 9.30 Å². The Morgan fingerprint density at radius 3 is 2.52 bits per heavy atom. The van der Waals surface area contributed by atoms with Crippen molar-refractivity contribution in [2.24, 2.45) is 5.92 Å². The number of rotatable bonds is 4. The number of aromatic nitrogens is 2. The average molecular weight is 309 g/mol. The number of halogens is 1. The zero-order chi connectivity index (χ0) is 15.7. The number of ether oxygens (including phenoxy) is 1. The van der Waals surface area contributed by atoms with Crippen molar-refractivity contribution in [1.29, 1.82) is 0 Å². The van der Waals surface area contributed by atoms with Crippen LogP contribution in [0.3, 0.4) is 0 Å². The van der Waals surface area contributed by atoms with Crippen LogP contribution < -0.4 is 0 Å². The van der Waals surface area contributed by atoms with Crippen LogP contribution in [-0.4, -0.2) is 22.6 Å². The fraction of sp³-hybridized carbons (Fsp3) is 0.500. The molecule has 1 aromatic heterocycles. The molecule has 1 aromatic carbocycles. The summed E-state index contributed by atoms with van der Waals surface area (Å²) >= 11 is 6.29. The second kappa shape index (κ2) is 6.06. The molecule has 1 heterocycles. The van der Waals surface area contributed by atoms with Crippen molar-refractivity contribution < 1.29 is 9.53 Å². The van der Waals surface area contributed by atoms with Gasteiger partial charge in [0.2, 0.25) is 0 Å². The van der Waals surface area contributed by atoms with Gasteiger partial charge >= 0.3 is 5.97 Å². The minimum absolute atomic E-state index is 0.0728. The third kappa shape index (κ3) is 2.77. The Labute approximate surface area is 130 Å². The Morgan fingerprint density at radius 2 is 2.00 bits per heavy atom. The number of alkyl halides is 1. The number of hydrogen-bond donors (Lipinski definition) is 0. The molecule has 0 spiro atoms. The van der Waals surface area contributed by atoms with Gasteiger partial charge in [-0.25, -0.2) is 9.78 Å². The van der Waals surface area contributed by atoms with E-state index in [1.54, 1.807) is 0 Å². The van der Waals surface area contributed by atoms with E-state index in [9.17, 15) is 4.79 Å². The number of para-hydroxylation sites is 1. The normalized spacial score (nSPS) is 14.4. The molecule has 0 aliphatic heterocycles. The monoisotopic (exact) mass is 308 g/mol. The van der Waals surface area contributed by atoms with Crippen LogP contribution in [0.5, 0.6) is 0 Å². The molecule has 0 saturated heterocycles. The lowest BCUT2D eigenvalue weighted by Crippen LogP contribution is -2.27. The van der Waals surface area contributed by atoms with E-state index in [-0.39, 0.29) is 17.3 Å². The van der Waals surface area contributed by atoms with E-state index in [1.165, 1.54) is 7.11 Å². The van der Waals surface area contributed by atoms with Crippen molar-refractivity contribution >= 4 is 28.6 Å². The first-order valence-corrected chi connectivity index (χ1v) is 7.51. The van der Waals surface area contributed by atoms with E-state index in [0.717, 1.165) is 16.6 Å². The first-order chi connectivity index (χ1) is 9.88. The number of nitrogens with zero attached hydrogens (tertiary/aromatic N) is 2. The molecule has 0 radical (unpaired) electrons. The number of hydrogen-bond acceptors (Lipinski definition) is 3. The van der Waals surface area contributed by atoms with Crippen LogP contribution in [0.15, 0.2) is 18.2 Å². The Balaban J connectivity index is 2.80. The topological polar surface area (TPSA) is 44.1 Å². The maximum atomic E-state index is 12.3. The second-order valence-corrected chi connectivity index (χ2v) is 6.27. The second-order valence-electron chi connectivity index (χ2n) is 5.61. The van der Waals surface area contributed by atoms with Crippen LogP contribution in [0.2, 0.25) is 0 Å². The number of aryl methyl sites for hydroxylation is 1. The van der Waals surface area contributed by atoms with E-state index in [0.29, 0.717) is 5.82 Å². The van der Waals surface area contributed by atoms with Crippen LogP contribution in [0.25, 0.3) is 11.0 Å². The lowest BCUT2D eigenvalue weighted by molar-refractivity contribution is -0.146. The highest BCUT2D eigenvalue weighted by Gasteiger charge is 2.30. The summed E-state index contributed by atoms with van der Waals surface area (Å²) in [6, 6.07) is 5.48. The first-order valence-electron chi connectivity index (χ1n) is 7.07. The number of imidazole rings is 1. The van der Waals surface area contributed by atoms with Gasteiger partial charge in [0.25, 0.3) is 0 Å². The van der Waals surface area contributed by atoms with E-state index < -0.39 is 6.04 Å². The molecule has 2 atom stereocenters. The Morgan fingerprint density at radius 1 is 1.33 bits per heavy atom. The summed E-state index contributed by atoms with van der Waals surface area (Å²) in [6.07, 6.45) is 0. The summed E-state index contributed by atoms with van der Waals surface area (Å²) in [5, 5.41) is -0.289. The van der Waals surface area contributed by atoms with Crippen molar-refractivity contribution in [3.05, 3.63) is 29.6 Å². The highest BCUT2D eigenvalue weighted by molar-refractivity contribution is 6.20. The number of carbonyl (C=O) groups is 1. The van der Waals surface area contributed by atoms with E-state index in [4.69, 9.17) is 16.3 Å². The van der Waals surface area contributed by atoms with Crippen molar-refractivity contribution in [2.45, 2.75) is 39.1 Å². The summed E-state index contributed by atoms with van der Waals surface area (Å²) in [7, 11) is 1.41. The molecule has 114 valence electrons. The Hall–Kier alpha value is -1.55. The van der Waals surface area contributed by atoms with Crippen LogP contribution in [0, 0.1) is 12.8 Å². The quantitative estimate of drug-likeness (QED) is 0.633. The standard InChI is InChI=1S/C16H21ClN2O2/c1-9(2)13(16(20)21-5)19-14-10(3)7-6-8-12(14)18-15(19)11(4)17/h6-9,11,13H,1-5H3. The fourth-order valence-corrected chi connectivity index (χ4v) is 2.85. The van der Waals surface area contributed by atoms with Gasteiger partial charge in [0.1, 0.15) is 11.9 Å². The van der Waals surface area contributed by atoms with Crippen molar-refractivity contribution in [3.63, 3.8) is 0 Å². The third-order valence-electron chi connectivity index (χ3n) is 3.65. The summed E-state index contributed by atoms with van der Waals surface area (Å²) in [5.41, 5.74) is 2.87. The molecule has 2 unspecified atom stereocenters. The zero-order valence-corrected chi connectivity index (χ0v) is 13.8. The number of benzene rings is 1. The van der Waals surface area contributed by atoms with Crippen molar-refractivity contribution in [2.75, 3.05) is 7.11 Å². The van der Waals surface area contributed by atoms with Gasteiger partial charge in [-0.1, -0.05) is 26.0 Å². The summed E-state index contributed by atoms with van der Waals surface area (Å²) in [6.45, 7) is 7.86. The van der Waals surface area contributed by atoms with Gasteiger partial charge in [-0.15, -0.1) is 11.6 Å². The molecule has 2 rings (SSSR count). The molecule has 5 heteroatoms. The van der Waals surface area contributed by atoms with Gasteiger partial charge in [0.05, 0.1) is 23.5 Å². The maximum Gasteiger partial charge on any atom is 0.329 e. The largest absolute Gasteiger partial charge is 0.467 e. The lowest BCUT2D eigenvalue weighted by Gasteiger charge is -2.24. The molecule has 0 bridgehead atoms. The van der Waals surface area contributed by atoms with Gasteiger partial charge in [0, 0.05) is 0 Å². The molecule has 0 N–H and O–H groups in total. The molecule has 0 amide bonds. The molecular formula is C16H21ClN2O2. The third-order valence-corrected chi connectivity index (χ3v) is 3.84. The molecule has 21 heavy (non-hydrogen) atoms. The Kier molecular flexibility index (Phi) is 4.57. The predicted octanol–water partition coefficient (Wildman–Crippen LogP) is 4.01. The fourth-order valence-electron chi connectivity index (χ4n) is 2.70. The van der Waals surface area contributed by atoms with Crippen LogP contribution in [-0.2, 0) is 9.53 Å². The number of fused-ring (bicyclic) bond motifs is 1. The SMILES string of the molecule is COC(=O)C(C(C)C)n1c(C(C)Cl)nc2cccc(C)c21. The van der Waals surface area contributed by atoms with Gasteiger partial charge in [-0.3, -0.25) is 0 Å². The van der Waals surface area contributed by atoms with E-state index in [2.05, 4.69) is 4.98 Å².